The zero-order valence-corrected chi connectivity index (χ0v) is 14.1. The predicted octanol–water partition coefficient (Wildman–Crippen LogP) is 2.65. The molecule has 0 aliphatic rings. The number of rotatable bonds is 7. The van der Waals surface area contributed by atoms with Gasteiger partial charge >= 0.3 is 0 Å². The first-order valence-electron chi connectivity index (χ1n) is 6.75. The predicted molar refractivity (Wildman–Crippen MR) is 86.1 cm³/mol. The molecule has 0 unspecified atom stereocenters. The molecule has 0 bridgehead atoms. The van der Waals surface area contributed by atoms with Crippen molar-refractivity contribution in [2.24, 2.45) is 0 Å². The van der Waals surface area contributed by atoms with Crippen molar-refractivity contribution in [1.82, 2.24) is 4.31 Å². The largest absolute Gasteiger partial charge is 0.326 e. The third kappa shape index (κ3) is 5.65. The number of sulfonamides is 1. The Morgan fingerprint density at radius 1 is 1.33 bits per heavy atom. The summed E-state index contributed by atoms with van der Waals surface area (Å²) in [6, 6.07) is 5.27. The molecule has 0 spiro atoms. The minimum atomic E-state index is -3.28. The summed E-state index contributed by atoms with van der Waals surface area (Å²) >= 11 is 5.99. The first-order valence-corrected chi connectivity index (χ1v) is 8.98. The number of hydrogen-bond acceptors (Lipinski definition) is 3. The molecule has 1 amide bonds. The van der Waals surface area contributed by atoms with Crippen molar-refractivity contribution in [3.63, 3.8) is 0 Å². The van der Waals surface area contributed by atoms with Gasteiger partial charge in [-0.05, 0) is 31.0 Å². The van der Waals surface area contributed by atoms with Crippen LogP contribution in [0.1, 0.15) is 25.3 Å². The number of anilines is 1. The minimum Gasteiger partial charge on any atom is -0.326 e. The van der Waals surface area contributed by atoms with Gasteiger partial charge in [0.05, 0.1) is 6.26 Å². The van der Waals surface area contributed by atoms with Gasteiger partial charge in [0, 0.05) is 30.2 Å². The summed E-state index contributed by atoms with van der Waals surface area (Å²) in [5.74, 6) is -0.231. The van der Waals surface area contributed by atoms with E-state index >= 15 is 0 Å². The molecular weight excluding hydrogens is 312 g/mol. The highest BCUT2D eigenvalue weighted by molar-refractivity contribution is 7.88. The van der Waals surface area contributed by atoms with Crippen molar-refractivity contribution in [3.05, 3.63) is 28.8 Å². The second kappa shape index (κ2) is 7.77. The van der Waals surface area contributed by atoms with Crippen LogP contribution in [0.3, 0.4) is 0 Å². The van der Waals surface area contributed by atoms with Crippen molar-refractivity contribution in [3.8, 4) is 0 Å². The van der Waals surface area contributed by atoms with Gasteiger partial charge in [-0.2, -0.15) is 0 Å². The molecule has 1 aromatic rings. The van der Waals surface area contributed by atoms with Crippen molar-refractivity contribution in [1.29, 1.82) is 0 Å². The van der Waals surface area contributed by atoms with Crippen LogP contribution in [0.25, 0.3) is 0 Å². The van der Waals surface area contributed by atoms with E-state index in [4.69, 9.17) is 11.6 Å². The number of hydrogen-bond donors (Lipinski definition) is 1. The maximum atomic E-state index is 11.9. The molecule has 0 saturated heterocycles. The van der Waals surface area contributed by atoms with E-state index in [0.717, 1.165) is 11.8 Å². The van der Waals surface area contributed by atoms with Gasteiger partial charge in [0.15, 0.2) is 0 Å². The van der Waals surface area contributed by atoms with E-state index in [1.807, 2.05) is 13.8 Å². The molecular formula is C14H21ClN2O3S. The quantitative estimate of drug-likeness (QED) is 0.834. The lowest BCUT2D eigenvalue weighted by atomic mass is 10.2. The van der Waals surface area contributed by atoms with Gasteiger partial charge < -0.3 is 5.32 Å². The van der Waals surface area contributed by atoms with Crippen molar-refractivity contribution >= 4 is 33.2 Å². The van der Waals surface area contributed by atoms with Crippen LogP contribution in [-0.4, -0.2) is 38.0 Å². The maximum Gasteiger partial charge on any atom is 0.225 e. The van der Waals surface area contributed by atoms with E-state index in [9.17, 15) is 13.2 Å². The van der Waals surface area contributed by atoms with Crippen LogP contribution < -0.4 is 5.32 Å². The lowest BCUT2D eigenvalue weighted by Gasteiger charge is -2.19. The molecule has 7 heteroatoms. The number of halogens is 1. The summed E-state index contributed by atoms with van der Waals surface area (Å²) in [5, 5.41) is 3.34. The summed E-state index contributed by atoms with van der Waals surface area (Å²) < 4.78 is 24.5. The summed E-state index contributed by atoms with van der Waals surface area (Å²) in [6.07, 6.45) is 1.97. The molecule has 1 N–H and O–H groups in total. The number of nitrogens with one attached hydrogen (secondary N) is 1. The molecule has 0 saturated carbocycles. The van der Waals surface area contributed by atoms with Crippen LogP contribution in [0.5, 0.6) is 0 Å². The average molecular weight is 333 g/mol. The highest BCUT2D eigenvalue weighted by Crippen LogP contribution is 2.23. The fraction of sp³-hybridized carbons (Fsp3) is 0.500. The monoisotopic (exact) mass is 332 g/mol. The average Bonchev–Trinajstić information content (AvgIpc) is 2.38. The van der Waals surface area contributed by atoms with Crippen molar-refractivity contribution < 1.29 is 13.2 Å². The van der Waals surface area contributed by atoms with Gasteiger partial charge in [0.25, 0.3) is 0 Å². The lowest BCUT2D eigenvalue weighted by molar-refractivity contribution is -0.116. The second-order valence-electron chi connectivity index (χ2n) is 4.87. The first kappa shape index (κ1) is 17.9. The molecule has 1 aromatic carbocycles. The van der Waals surface area contributed by atoms with Crippen molar-refractivity contribution in [2.75, 3.05) is 24.7 Å². The normalized spacial score (nSPS) is 11.7. The van der Waals surface area contributed by atoms with Gasteiger partial charge in [0.1, 0.15) is 0 Å². The molecule has 1 rings (SSSR count). The number of carbonyl (C=O) groups excluding carboxylic acids is 1. The highest BCUT2D eigenvalue weighted by Gasteiger charge is 2.17. The summed E-state index contributed by atoms with van der Waals surface area (Å²) in [5.41, 5.74) is 1.44. The molecule has 5 nitrogen and oxygen atoms in total. The van der Waals surface area contributed by atoms with E-state index in [1.165, 1.54) is 4.31 Å². The Balaban J connectivity index is 2.63. The molecule has 0 fully saturated rings. The van der Waals surface area contributed by atoms with E-state index in [0.29, 0.717) is 23.7 Å². The first-order chi connectivity index (χ1) is 9.75. The van der Waals surface area contributed by atoms with E-state index in [-0.39, 0.29) is 18.9 Å². The smallest absolute Gasteiger partial charge is 0.225 e. The number of nitrogens with zero attached hydrogens (tertiary/aromatic N) is 1. The summed E-state index contributed by atoms with van der Waals surface area (Å²) in [7, 11) is -3.28. The highest BCUT2D eigenvalue weighted by atomic mass is 35.5. The Hall–Kier alpha value is -1.11. The second-order valence-corrected chi connectivity index (χ2v) is 7.26. The van der Waals surface area contributed by atoms with Crippen molar-refractivity contribution in [2.45, 2.75) is 26.7 Å². The third-order valence-corrected chi connectivity index (χ3v) is 4.78. The number of benzene rings is 1. The zero-order chi connectivity index (χ0) is 16.0. The Labute approximate surface area is 131 Å². The van der Waals surface area contributed by atoms with Gasteiger partial charge in [-0.3, -0.25) is 4.79 Å². The molecule has 118 valence electrons. The standard InChI is InChI=1S/C14H21ClN2O3S/c1-4-9-17(21(3,19)20)10-8-14(18)16-13-7-5-6-12(15)11(13)2/h5-7H,4,8-10H2,1-3H3,(H,16,18). The van der Waals surface area contributed by atoms with E-state index < -0.39 is 10.0 Å². The molecule has 0 heterocycles. The van der Waals surface area contributed by atoms with Gasteiger partial charge in [-0.25, -0.2) is 12.7 Å². The molecule has 0 aliphatic carbocycles. The topological polar surface area (TPSA) is 66.5 Å². The molecule has 0 radical (unpaired) electrons. The van der Waals surface area contributed by atoms with Gasteiger partial charge in [-0.15, -0.1) is 0 Å². The SMILES string of the molecule is CCCN(CCC(=O)Nc1cccc(Cl)c1C)S(C)(=O)=O. The fourth-order valence-electron chi connectivity index (χ4n) is 1.87. The van der Waals surface area contributed by atoms with Gasteiger partial charge in [0.2, 0.25) is 15.9 Å². The zero-order valence-electron chi connectivity index (χ0n) is 12.5. The molecule has 0 aromatic heterocycles. The maximum absolute atomic E-state index is 11.9. The third-order valence-electron chi connectivity index (χ3n) is 3.07. The fourth-order valence-corrected chi connectivity index (χ4v) is 2.99. The van der Waals surface area contributed by atoms with Crippen LogP contribution in [0.4, 0.5) is 5.69 Å². The number of amides is 1. The number of carbonyl (C=O) groups is 1. The molecule has 21 heavy (non-hydrogen) atoms. The van der Waals surface area contributed by atoms with Crippen LogP contribution in [0, 0.1) is 6.92 Å². The van der Waals surface area contributed by atoms with Crippen LogP contribution in [-0.2, 0) is 14.8 Å². The Morgan fingerprint density at radius 2 is 2.00 bits per heavy atom. The van der Waals surface area contributed by atoms with E-state index in [1.54, 1.807) is 18.2 Å². The van der Waals surface area contributed by atoms with Gasteiger partial charge in [-0.1, -0.05) is 24.6 Å². The van der Waals surface area contributed by atoms with Crippen LogP contribution >= 0.6 is 11.6 Å². The van der Waals surface area contributed by atoms with Crippen LogP contribution in [0.2, 0.25) is 5.02 Å². The lowest BCUT2D eigenvalue weighted by Crippen LogP contribution is -2.33. The summed E-state index contributed by atoms with van der Waals surface area (Å²) in [6.45, 7) is 4.31. The van der Waals surface area contributed by atoms with Crippen LogP contribution in [0.15, 0.2) is 18.2 Å². The Bertz CT molecular complexity index is 602. The Kier molecular flexibility index (Phi) is 6.64. The molecule has 0 atom stereocenters. The summed E-state index contributed by atoms with van der Waals surface area (Å²) in [4.78, 5) is 11.9. The Morgan fingerprint density at radius 3 is 2.57 bits per heavy atom. The molecule has 0 aliphatic heterocycles. The minimum absolute atomic E-state index is 0.110. The van der Waals surface area contributed by atoms with E-state index in [2.05, 4.69) is 5.32 Å².